The topological polar surface area (TPSA) is 26.3 Å². The van der Waals surface area contributed by atoms with Gasteiger partial charge < -0.3 is 4.74 Å². The zero-order valence-corrected chi connectivity index (χ0v) is 12.5. The molecule has 21 heavy (non-hydrogen) atoms. The number of hydrogen-bond acceptors (Lipinski definition) is 2. The number of carbonyl (C=O) groups excluding carboxylic acids is 1. The van der Waals surface area contributed by atoms with Crippen molar-refractivity contribution in [2.24, 2.45) is 0 Å². The van der Waals surface area contributed by atoms with Crippen molar-refractivity contribution in [1.29, 1.82) is 0 Å². The number of benzene rings is 2. The minimum absolute atomic E-state index is 0.0809. The standard InChI is InChI=1S/C15H10BrF3O2/c1-21-13-8-9(16)6-7-11(13)14(20)10-4-2-3-5-12(10)15(17,18)19/h2-8H,1H3. The first-order valence-corrected chi connectivity index (χ1v) is 6.68. The average Bonchev–Trinajstić information content (AvgIpc) is 2.45. The number of ketones is 1. The van der Waals surface area contributed by atoms with Crippen LogP contribution < -0.4 is 4.74 Å². The molecule has 0 radical (unpaired) electrons. The summed E-state index contributed by atoms with van der Waals surface area (Å²) in [6.45, 7) is 0. The molecule has 0 spiro atoms. The maximum absolute atomic E-state index is 13.0. The third-order valence-corrected chi connectivity index (χ3v) is 3.38. The molecule has 0 saturated heterocycles. The molecule has 0 unspecified atom stereocenters. The summed E-state index contributed by atoms with van der Waals surface area (Å²) in [5.74, 6) is -0.515. The van der Waals surface area contributed by atoms with Gasteiger partial charge in [-0.3, -0.25) is 4.79 Å². The molecule has 0 fully saturated rings. The first kappa shape index (κ1) is 15.6. The van der Waals surface area contributed by atoms with Gasteiger partial charge in [0, 0.05) is 10.0 Å². The lowest BCUT2D eigenvalue weighted by Crippen LogP contribution is -2.14. The molecule has 2 aromatic carbocycles. The van der Waals surface area contributed by atoms with Gasteiger partial charge in [-0.25, -0.2) is 0 Å². The molecule has 0 N–H and O–H groups in total. The minimum Gasteiger partial charge on any atom is -0.496 e. The summed E-state index contributed by atoms with van der Waals surface area (Å²) >= 11 is 3.22. The van der Waals surface area contributed by atoms with Gasteiger partial charge in [0.05, 0.1) is 18.2 Å². The number of methoxy groups -OCH3 is 1. The Hall–Kier alpha value is -1.82. The van der Waals surface area contributed by atoms with E-state index in [1.807, 2.05) is 0 Å². The Bertz CT molecular complexity index is 681. The van der Waals surface area contributed by atoms with E-state index in [-0.39, 0.29) is 11.3 Å². The predicted molar refractivity (Wildman–Crippen MR) is 75.6 cm³/mol. The normalized spacial score (nSPS) is 11.3. The van der Waals surface area contributed by atoms with Crippen molar-refractivity contribution < 1.29 is 22.7 Å². The van der Waals surface area contributed by atoms with Crippen molar-refractivity contribution in [3.05, 3.63) is 63.6 Å². The minimum atomic E-state index is -4.59. The first-order chi connectivity index (χ1) is 9.84. The van der Waals surface area contributed by atoms with E-state index in [1.54, 1.807) is 6.07 Å². The lowest BCUT2D eigenvalue weighted by molar-refractivity contribution is -0.137. The molecule has 0 amide bonds. The van der Waals surface area contributed by atoms with E-state index in [0.29, 0.717) is 4.47 Å². The Morgan fingerprint density at radius 1 is 1.10 bits per heavy atom. The highest BCUT2D eigenvalue weighted by atomic mass is 79.9. The van der Waals surface area contributed by atoms with Crippen LogP contribution in [0.2, 0.25) is 0 Å². The van der Waals surface area contributed by atoms with Crippen LogP contribution in [-0.2, 0) is 6.18 Å². The van der Waals surface area contributed by atoms with Crippen molar-refractivity contribution in [2.45, 2.75) is 6.18 Å². The molecule has 0 heterocycles. The Morgan fingerprint density at radius 3 is 2.38 bits per heavy atom. The molecule has 0 atom stereocenters. The molecular formula is C15H10BrF3O2. The van der Waals surface area contributed by atoms with Crippen LogP contribution in [-0.4, -0.2) is 12.9 Å². The van der Waals surface area contributed by atoms with Crippen molar-refractivity contribution in [1.82, 2.24) is 0 Å². The summed E-state index contributed by atoms with van der Waals surface area (Å²) in [7, 11) is 1.36. The van der Waals surface area contributed by atoms with E-state index in [0.717, 1.165) is 12.1 Å². The summed E-state index contributed by atoms with van der Waals surface area (Å²) in [4.78, 5) is 12.4. The fraction of sp³-hybridized carbons (Fsp3) is 0.133. The highest BCUT2D eigenvalue weighted by Gasteiger charge is 2.35. The molecule has 110 valence electrons. The van der Waals surface area contributed by atoms with Crippen LogP contribution in [0.3, 0.4) is 0 Å². The van der Waals surface area contributed by atoms with Gasteiger partial charge in [0.2, 0.25) is 0 Å². The third kappa shape index (κ3) is 3.26. The molecule has 6 heteroatoms. The molecule has 0 aliphatic heterocycles. The molecule has 0 bridgehead atoms. The average molecular weight is 359 g/mol. The number of carbonyl (C=O) groups is 1. The van der Waals surface area contributed by atoms with E-state index in [2.05, 4.69) is 15.9 Å². The van der Waals surface area contributed by atoms with Crippen molar-refractivity contribution in [2.75, 3.05) is 7.11 Å². The smallest absolute Gasteiger partial charge is 0.417 e. The molecule has 0 aliphatic carbocycles. The fourth-order valence-electron chi connectivity index (χ4n) is 1.93. The fourth-order valence-corrected chi connectivity index (χ4v) is 2.27. The maximum atomic E-state index is 13.0. The van der Waals surface area contributed by atoms with Gasteiger partial charge in [0.1, 0.15) is 5.75 Å². The number of hydrogen-bond donors (Lipinski definition) is 0. The molecule has 0 aliphatic rings. The van der Waals surface area contributed by atoms with E-state index in [1.165, 1.54) is 31.4 Å². The summed E-state index contributed by atoms with van der Waals surface area (Å²) in [6.07, 6.45) is -4.59. The van der Waals surface area contributed by atoms with Crippen LogP contribution >= 0.6 is 15.9 Å². The van der Waals surface area contributed by atoms with Crippen LogP contribution in [0.25, 0.3) is 0 Å². The predicted octanol–water partition coefficient (Wildman–Crippen LogP) is 4.71. The Kier molecular flexibility index (Phi) is 4.37. The summed E-state index contributed by atoms with van der Waals surface area (Å²) < 4.78 is 44.7. The van der Waals surface area contributed by atoms with Gasteiger partial charge in [0.15, 0.2) is 5.78 Å². The van der Waals surface area contributed by atoms with Gasteiger partial charge in [-0.1, -0.05) is 34.1 Å². The van der Waals surface area contributed by atoms with Crippen LogP contribution in [0.5, 0.6) is 5.75 Å². The van der Waals surface area contributed by atoms with Gasteiger partial charge in [-0.15, -0.1) is 0 Å². The zero-order chi connectivity index (χ0) is 15.6. The Morgan fingerprint density at radius 2 is 1.76 bits per heavy atom. The molecule has 0 aromatic heterocycles. The molecular weight excluding hydrogens is 349 g/mol. The number of halogens is 4. The number of rotatable bonds is 3. The van der Waals surface area contributed by atoms with Gasteiger partial charge in [-0.05, 0) is 24.3 Å². The van der Waals surface area contributed by atoms with Crippen molar-refractivity contribution >= 4 is 21.7 Å². The van der Waals surface area contributed by atoms with Gasteiger partial charge >= 0.3 is 6.18 Å². The van der Waals surface area contributed by atoms with E-state index in [9.17, 15) is 18.0 Å². The SMILES string of the molecule is COc1cc(Br)ccc1C(=O)c1ccccc1C(F)(F)F. The third-order valence-electron chi connectivity index (χ3n) is 2.89. The highest BCUT2D eigenvalue weighted by molar-refractivity contribution is 9.10. The van der Waals surface area contributed by atoms with Crippen LogP contribution in [0.4, 0.5) is 13.2 Å². The van der Waals surface area contributed by atoms with Crippen LogP contribution in [0.15, 0.2) is 46.9 Å². The van der Waals surface area contributed by atoms with E-state index >= 15 is 0 Å². The first-order valence-electron chi connectivity index (χ1n) is 5.89. The number of ether oxygens (including phenoxy) is 1. The van der Waals surface area contributed by atoms with E-state index < -0.39 is 23.1 Å². The maximum Gasteiger partial charge on any atom is 0.417 e. The van der Waals surface area contributed by atoms with Gasteiger partial charge in [0.25, 0.3) is 0 Å². The van der Waals surface area contributed by atoms with E-state index in [4.69, 9.17) is 4.74 Å². The van der Waals surface area contributed by atoms with Crippen molar-refractivity contribution in [3.63, 3.8) is 0 Å². The zero-order valence-electron chi connectivity index (χ0n) is 10.9. The molecule has 0 saturated carbocycles. The summed E-state index contributed by atoms with van der Waals surface area (Å²) in [6, 6.07) is 9.23. The Labute approximate surface area is 127 Å². The van der Waals surface area contributed by atoms with Crippen LogP contribution in [0, 0.1) is 0 Å². The van der Waals surface area contributed by atoms with Crippen molar-refractivity contribution in [3.8, 4) is 5.75 Å². The second-order valence-corrected chi connectivity index (χ2v) is 5.13. The van der Waals surface area contributed by atoms with Gasteiger partial charge in [-0.2, -0.15) is 13.2 Å². The quantitative estimate of drug-likeness (QED) is 0.743. The molecule has 2 rings (SSSR count). The largest absolute Gasteiger partial charge is 0.496 e. The summed E-state index contributed by atoms with van der Waals surface area (Å²) in [5, 5.41) is 0. The Balaban J connectivity index is 2.56. The highest BCUT2D eigenvalue weighted by Crippen LogP contribution is 2.34. The second-order valence-electron chi connectivity index (χ2n) is 4.22. The lowest BCUT2D eigenvalue weighted by atomic mass is 9.97. The summed E-state index contributed by atoms with van der Waals surface area (Å²) in [5.41, 5.74) is -1.28. The number of alkyl halides is 3. The molecule has 2 nitrogen and oxygen atoms in total. The molecule has 2 aromatic rings. The second kappa shape index (κ2) is 5.89. The lowest BCUT2D eigenvalue weighted by Gasteiger charge is -2.13. The monoisotopic (exact) mass is 358 g/mol. The van der Waals surface area contributed by atoms with Crippen LogP contribution in [0.1, 0.15) is 21.5 Å².